The summed E-state index contributed by atoms with van der Waals surface area (Å²) in [7, 11) is 4.01. The highest BCUT2D eigenvalue weighted by Crippen LogP contribution is 2.15. The van der Waals surface area contributed by atoms with Crippen molar-refractivity contribution in [1.29, 1.82) is 0 Å². The van der Waals surface area contributed by atoms with Crippen LogP contribution < -0.4 is 4.90 Å². The predicted molar refractivity (Wildman–Crippen MR) is 56.8 cm³/mol. The Labute approximate surface area is 83.2 Å². The summed E-state index contributed by atoms with van der Waals surface area (Å²) < 4.78 is 1.86. The molecule has 2 aromatic heterocycles. The maximum absolute atomic E-state index is 4.41. The van der Waals surface area contributed by atoms with Gasteiger partial charge in [-0.15, -0.1) is 0 Å². The predicted octanol–water partition coefficient (Wildman–Crippen LogP) is 1.41. The van der Waals surface area contributed by atoms with E-state index in [1.807, 2.05) is 49.5 Å². The quantitative estimate of drug-likeness (QED) is 0.681. The van der Waals surface area contributed by atoms with E-state index in [1.54, 1.807) is 0 Å². The lowest BCUT2D eigenvalue weighted by atomic mass is 10.4. The molecule has 0 spiro atoms. The number of nitrogens with zero attached hydrogens (tertiary/aromatic N) is 4. The monoisotopic (exact) mass is 190 g/mol. The Kier molecular flexibility index (Phi) is 1.91. The highest BCUT2D eigenvalue weighted by Gasteiger charge is 2.06. The van der Waals surface area contributed by atoms with E-state index < -0.39 is 0 Å². The third kappa shape index (κ3) is 1.32. The van der Waals surface area contributed by atoms with Crippen molar-refractivity contribution in [3.63, 3.8) is 0 Å². The molecule has 2 heterocycles. The molecule has 2 aromatic rings. The maximum atomic E-state index is 4.41. The van der Waals surface area contributed by atoms with Crippen molar-refractivity contribution in [3.05, 3.63) is 23.5 Å². The number of hydrogen-bond donors (Lipinski definition) is 0. The molecule has 0 amide bonds. The molecule has 0 atom stereocenters. The lowest BCUT2D eigenvalue weighted by Crippen LogP contribution is -2.14. The van der Waals surface area contributed by atoms with Crippen LogP contribution in [0.2, 0.25) is 0 Å². The van der Waals surface area contributed by atoms with E-state index in [0.717, 1.165) is 22.9 Å². The van der Waals surface area contributed by atoms with Crippen LogP contribution in [0.5, 0.6) is 0 Å². The van der Waals surface area contributed by atoms with E-state index in [9.17, 15) is 0 Å². The minimum absolute atomic E-state index is 0.909. The summed E-state index contributed by atoms with van der Waals surface area (Å²) in [6, 6.07) is 4.01. The van der Waals surface area contributed by atoms with Crippen LogP contribution in [-0.2, 0) is 0 Å². The van der Waals surface area contributed by atoms with Crippen LogP contribution in [0.15, 0.2) is 12.1 Å². The minimum atomic E-state index is 0.909. The van der Waals surface area contributed by atoms with Gasteiger partial charge in [0.1, 0.15) is 5.82 Å². The fourth-order valence-electron chi connectivity index (χ4n) is 1.51. The summed E-state index contributed by atoms with van der Waals surface area (Å²) in [5, 5.41) is 4.39. The fourth-order valence-corrected chi connectivity index (χ4v) is 1.51. The molecular weight excluding hydrogens is 176 g/mol. The Morgan fingerprint density at radius 2 is 1.86 bits per heavy atom. The van der Waals surface area contributed by atoms with Crippen LogP contribution in [0.3, 0.4) is 0 Å². The molecule has 4 heteroatoms. The van der Waals surface area contributed by atoms with E-state index in [0.29, 0.717) is 0 Å². The Balaban J connectivity index is 2.79. The van der Waals surface area contributed by atoms with Gasteiger partial charge in [0.2, 0.25) is 0 Å². The van der Waals surface area contributed by atoms with Crippen LogP contribution in [0.25, 0.3) is 5.65 Å². The molecule has 0 aliphatic rings. The van der Waals surface area contributed by atoms with E-state index in [2.05, 4.69) is 10.1 Å². The number of hydrogen-bond acceptors (Lipinski definition) is 3. The summed E-state index contributed by atoms with van der Waals surface area (Å²) in [5.41, 5.74) is 2.92. The molecule has 4 nitrogen and oxygen atoms in total. The lowest BCUT2D eigenvalue weighted by molar-refractivity contribution is 0.875. The van der Waals surface area contributed by atoms with Crippen LogP contribution in [0.1, 0.15) is 11.4 Å². The largest absolute Gasteiger partial charge is 0.363 e. The number of rotatable bonds is 1. The van der Waals surface area contributed by atoms with Gasteiger partial charge in [0, 0.05) is 31.9 Å². The normalized spacial score (nSPS) is 10.9. The number of fused-ring (bicyclic) bond motifs is 1. The summed E-state index contributed by atoms with van der Waals surface area (Å²) >= 11 is 0. The summed E-state index contributed by atoms with van der Waals surface area (Å²) in [5.74, 6) is 1.06. The average molecular weight is 190 g/mol. The van der Waals surface area contributed by atoms with Gasteiger partial charge in [0.25, 0.3) is 0 Å². The fraction of sp³-hybridized carbons (Fsp3) is 0.400. The zero-order chi connectivity index (χ0) is 10.3. The molecule has 0 radical (unpaired) electrons. The summed E-state index contributed by atoms with van der Waals surface area (Å²) in [4.78, 5) is 6.45. The molecule has 0 aromatic carbocycles. The molecule has 74 valence electrons. The van der Waals surface area contributed by atoms with Gasteiger partial charge < -0.3 is 4.90 Å². The van der Waals surface area contributed by atoms with E-state index in [1.165, 1.54) is 0 Å². The number of anilines is 1. The van der Waals surface area contributed by atoms with Gasteiger partial charge in [0.05, 0.1) is 5.69 Å². The zero-order valence-corrected chi connectivity index (χ0v) is 8.94. The van der Waals surface area contributed by atoms with Crippen LogP contribution >= 0.6 is 0 Å². The van der Waals surface area contributed by atoms with E-state index in [4.69, 9.17) is 0 Å². The topological polar surface area (TPSA) is 33.4 Å². The van der Waals surface area contributed by atoms with Crippen molar-refractivity contribution in [2.75, 3.05) is 19.0 Å². The van der Waals surface area contributed by atoms with Crippen molar-refractivity contribution in [2.24, 2.45) is 0 Å². The minimum Gasteiger partial charge on any atom is -0.363 e. The Morgan fingerprint density at radius 3 is 2.50 bits per heavy atom. The molecular formula is C10H14N4. The third-order valence-electron chi connectivity index (χ3n) is 2.12. The van der Waals surface area contributed by atoms with Gasteiger partial charge in [-0.05, 0) is 13.8 Å². The molecule has 0 bridgehead atoms. The zero-order valence-electron chi connectivity index (χ0n) is 8.94. The van der Waals surface area contributed by atoms with Gasteiger partial charge in [-0.25, -0.2) is 4.98 Å². The van der Waals surface area contributed by atoms with Gasteiger partial charge in [-0.1, -0.05) is 0 Å². The standard InChI is InChI=1S/C10H14N4/c1-7-6-10(13(3)4)14-9(11-7)5-8(2)12-14/h5-6H,1-4H3. The van der Waals surface area contributed by atoms with Gasteiger partial charge >= 0.3 is 0 Å². The molecule has 0 aliphatic carbocycles. The smallest absolute Gasteiger partial charge is 0.157 e. The maximum Gasteiger partial charge on any atom is 0.157 e. The van der Waals surface area contributed by atoms with Crippen molar-refractivity contribution >= 4 is 11.5 Å². The van der Waals surface area contributed by atoms with Gasteiger partial charge in [-0.3, -0.25) is 0 Å². The molecule has 0 saturated heterocycles. The summed E-state index contributed by atoms with van der Waals surface area (Å²) in [6.45, 7) is 3.97. The summed E-state index contributed by atoms with van der Waals surface area (Å²) in [6.07, 6.45) is 0. The molecule has 0 fully saturated rings. The number of aryl methyl sites for hydroxylation is 2. The van der Waals surface area contributed by atoms with Gasteiger partial charge in [0.15, 0.2) is 5.65 Å². The lowest BCUT2D eigenvalue weighted by Gasteiger charge is -2.14. The van der Waals surface area contributed by atoms with Crippen molar-refractivity contribution in [1.82, 2.24) is 14.6 Å². The molecule has 0 unspecified atom stereocenters. The van der Waals surface area contributed by atoms with E-state index in [-0.39, 0.29) is 0 Å². The van der Waals surface area contributed by atoms with Crippen LogP contribution in [0, 0.1) is 13.8 Å². The molecule has 14 heavy (non-hydrogen) atoms. The molecule has 0 N–H and O–H groups in total. The highest BCUT2D eigenvalue weighted by molar-refractivity contribution is 5.50. The van der Waals surface area contributed by atoms with Crippen molar-refractivity contribution < 1.29 is 0 Å². The van der Waals surface area contributed by atoms with Crippen molar-refractivity contribution in [3.8, 4) is 0 Å². The first-order valence-electron chi connectivity index (χ1n) is 4.59. The first-order valence-corrected chi connectivity index (χ1v) is 4.59. The second-order valence-corrected chi connectivity index (χ2v) is 3.71. The van der Waals surface area contributed by atoms with Crippen LogP contribution in [0.4, 0.5) is 5.82 Å². The van der Waals surface area contributed by atoms with Gasteiger partial charge in [-0.2, -0.15) is 9.61 Å². The number of aromatic nitrogens is 3. The Hall–Kier alpha value is -1.58. The van der Waals surface area contributed by atoms with E-state index >= 15 is 0 Å². The van der Waals surface area contributed by atoms with Crippen LogP contribution in [-0.4, -0.2) is 28.7 Å². The van der Waals surface area contributed by atoms with Crippen molar-refractivity contribution in [2.45, 2.75) is 13.8 Å². The molecule has 2 rings (SSSR count). The first-order chi connectivity index (χ1) is 6.58. The first kappa shape index (κ1) is 8.99. The average Bonchev–Trinajstić information content (AvgIpc) is 2.42. The second kappa shape index (κ2) is 2.97. The SMILES string of the molecule is Cc1cc(N(C)C)n2nc(C)cc2n1. The Bertz CT molecular complexity index is 470. The molecule has 0 aliphatic heterocycles. The second-order valence-electron chi connectivity index (χ2n) is 3.71. The highest BCUT2D eigenvalue weighted by atomic mass is 15.3. The Morgan fingerprint density at radius 1 is 1.14 bits per heavy atom. The molecule has 0 saturated carbocycles. The third-order valence-corrected chi connectivity index (χ3v) is 2.12.